The summed E-state index contributed by atoms with van der Waals surface area (Å²) in [7, 11) is 0. The largest absolute Gasteiger partial charge is 0.329 e. The molecule has 0 amide bonds. The summed E-state index contributed by atoms with van der Waals surface area (Å²) >= 11 is 0. The van der Waals surface area contributed by atoms with E-state index in [-0.39, 0.29) is 24.0 Å². The molecule has 9 heteroatoms. The summed E-state index contributed by atoms with van der Waals surface area (Å²) < 4.78 is 30.8. The molecule has 0 bridgehead atoms. The molecule has 2 heterocycles. The van der Waals surface area contributed by atoms with Gasteiger partial charge in [0.25, 0.3) is 6.43 Å². The van der Waals surface area contributed by atoms with Gasteiger partial charge in [0.1, 0.15) is 5.69 Å². The lowest BCUT2D eigenvalue weighted by Crippen LogP contribution is -2.27. The zero-order chi connectivity index (χ0) is 24.2. The number of unbranched alkanes of at least 4 members (excludes halogenated alkanes) is 1. The van der Waals surface area contributed by atoms with Crippen LogP contribution in [-0.2, 0) is 13.0 Å². The third-order valence-electron chi connectivity index (χ3n) is 5.94. The number of aromatic nitrogens is 6. The van der Waals surface area contributed by atoms with Gasteiger partial charge >= 0.3 is 5.69 Å². The van der Waals surface area contributed by atoms with E-state index in [1.807, 2.05) is 55.5 Å². The molecule has 4 rings (SSSR count). The molecule has 0 aliphatic rings. The molecule has 7 nitrogen and oxygen atoms in total. The van der Waals surface area contributed by atoms with Crippen LogP contribution in [0.25, 0.3) is 22.5 Å². The lowest BCUT2D eigenvalue weighted by Gasteiger charge is -2.12. The molecule has 0 saturated carbocycles. The minimum atomic E-state index is -2.70. The van der Waals surface area contributed by atoms with Crippen molar-refractivity contribution in [2.75, 3.05) is 0 Å². The first-order chi connectivity index (χ1) is 16.4. The molecule has 0 radical (unpaired) electrons. The monoisotopic (exact) mass is 466 g/mol. The number of nitrogens with zero attached hydrogens (tertiary/aromatic N) is 5. The molecule has 0 saturated heterocycles. The van der Waals surface area contributed by atoms with E-state index < -0.39 is 6.43 Å². The Morgan fingerprint density at radius 3 is 2.32 bits per heavy atom. The molecule has 1 N–H and O–H groups in total. The van der Waals surface area contributed by atoms with Gasteiger partial charge in [-0.15, -0.1) is 5.10 Å². The summed E-state index contributed by atoms with van der Waals surface area (Å²) in [5.41, 5.74) is 3.55. The zero-order valence-corrected chi connectivity index (χ0v) is 19.5. The molecule has 0 aliphatic carbocycles. The van der Waals surface area contributed by atoms with E-state index in [1.165, 1.54) is 9.13 Å². The van der Waals surface area contributed by atoms with E-state index in [4.69, 9.17) is 0 Å². The van der Waals surface area contributed by atoms with Crippen LogP contribution in [0.15, 0.2) is 53.3 Å². The Bertz CT molecular complexity index is 1290. The lowest BCUT2D eigenvalue weighted by molar-refractivity contribution is 0.137. The summed E-state index contributed by atoms with van der Waals surface area (Å²) in [5, 5.41) is 14.1. The summed E-state index contributed by atoms with van der Waals surface area (Å²) in [6.07, 6.45) is -0.652. The van der Waals surface area contributed by atoms with Crippen molar-refractivity contribution >= 4 is 0 Å². The number of benzene rings is 2. The topological polar surface area (TPSA) is 81.4 Å². The Balaban J connectivity index is 1.70. The lowest BCUT2D eigenvalue weighted by atomic mass is 9.98. The molecule has 2 aromatic heterocycles. The molecule has 0 fully saturated rings. The van der Waals surface area contributed by atoms with Crippen LogP contribution in [0, 0.1) is 0 Å². The summed E-state index contributed by atoms with van der Waals surface area (Å²) in [4.78, 5) is 13.2. The fraction of sp³-hybridized carbons (Fsp3) is 0.360. The van der Waals surface area contributed by atoms with Crippen molar-refractivity contribution < 1.29 is 8.78 Å². The van der Waals surface area contributed by atoms with Crippen molar-refractivity contribution in [1.82, 2.24) is 29.8 Å². The van der Waals surface area contributed by atoms with Crippen molar-refractivity contribution in [2.24, 2.45) is 0 Å². The van der Waals surface area contributed by atoms with Gasteiger partial charge < -0.3 is 0 Å². The second kappa shape index (κ2) is 10.1. The standard InChI is InChI=1S/C25H28F2N6O/c1-4-5-10-21-22(23(26)27)33(16(2)3)25(34)32(21)15-17-11-13-18(14-12-17)19-8-6-7-9-20(19)24-28-30-31-29-24/h6-9,11-14,16,23H,4-5,10,15H2,1-3H3,(H,28,29,30,31). The van der Waals surface area contributed by atoms with Crippen LogP contribution in [0.2, 0.25) is 0 Å². The van der Waals surface area contributed by atoms with Gasteiger partial charge in [-0.1, -0.05) is 61.9 Å². The smallest absolute Gasteiger partial charge is 0.291 e. The van der Waals surface area contributed by atoms with Gasteiger partial charge in [-0.05, 0) is 53.8 Å². The number of aromatic amines is 1. The first-order valence-corrected chi connectivity index (χ1v) is 11.5. The van der Waals surface area contributed by atoms with E-state index in [1.54, 1.807) is 13.8 Å². The predicted octanol–water partition coefficient (Wildman–Crippen LogP) is 5.41. The maximum absolute atomic E-state index is 14.0. The quantitative estimate of drug-likeness (QED) is 0.358. The maximum Gasteiger partial charge on any atom is 0.329 e. The number of hydrogen-bond acceptors (Lipinski definition) is 4. The molecule has 4 aromatic rings. The van der Waals surface area contributed by atoms with E-state index in [0.717, 1.165) is 35.1 Å². The van der Waals surface area contributed by atoms with Crippen LogP contribution >= 0.6 is 0 Å². The van der Waals surface area contributed by atoms with Crippen molar-refractivity contribution in [3.8, 4) is 22.5 Å². The van der Waals surface area contributed by atoms with Crippen molar-refractivity contribution in [1.29, 1.82) is 0 Å². The highest BCUT2D eigenvalue weighted by Gasteiger charge is 2.27. The third kappa shape index (κ3) is 4.55. The van der Waals surface area contributed by atoms with Gasteiger partial charge in [-0.2, -0.15) is 0 Å². The number of imidazole rings is 1. The first kappa shape index (κ1) is 23.5. The minimum absolute atomic E-state index is 0.153. The highest BCUT2D eigenvalue weighted by Crippen LogP contribution is 2.30. The minimum Gasteiger partial charge on any atom is -0.291 e. The Kier molecular flexibility index (Phi) is 7.00. The molecule has 0 unspecified atom stereocenters. The van der Waals surface area contributed by atoms with Gasteiger partial charge in [0.2, 0.25) is 0 Å². The van der Waals surface area contributed by atoms with Gasteiger partial charge in [-0.3, -0.25) is 9.13 Å². The fourth-order valence-electron chi connectivity index (χ4n) is 4.31. The van der Waals surface area contributed by atoms with E-state index in [0.29, 0.717) is 17.9 Å². The highest BCUT2D eigenvalue weighted by molar-refractivity contribution is 5.80. The number of nitrogens with one attached hydrogen (secondary N) is 1. The normalized spacial score (nSPS) is 11.6. The molecule has 0 aliphatic heterocycles. The van der Waals surface area contributed by atoms with E-state index >= 15 is 0 Å². The average molecular weight is 467 g/mol. The van der Waals surface area contributed by atoms with Crippen LogP contribution in [0.3, 0.4) is 0 Å². The highest BCUT2D eigenvalue weighted by atomic mass is 19.3. The Hall–Kier alpha value is -3.62. The fourth-order valence-corrected chi connectivity index (χ4v) is 4.31. The van der Waals surface area contributed by atoms with Crippen LogP contribution in [-0.4, -0.2) is 29.8 Å². The summed E-state index contributed by atoms with van der Waals surface area (Å²) in [6, 6.07) is 15.2. The average Bonchev–Trinajstić information content (AvgIpc) is 3.45. The van der Waals surface area contributed by atoms with E-state index in [2.05, 4.69) is 20.6 Å². The Morgan fingerprint density at radius 2 is 1.74 bits per heavy atom. The van der Waals surface area contributed by atoms with Gasteiger partial charge in [0.15, 0.2) is 5.82 Å². The number of rotatable bonds is 9. The number of tetrazole rings is 1. The van der Waals surface area contributed by atoms with Crippen LogP contribution < -0.4 is 5.69 Å². The molecule has 0 spiro atoms. The number of hydrogen-bond donors (Lipinski definition) is 1. The second-order valence-electron chi connectivity index (χ2n) is 8.56. The SMILES string of the molecule is CCCCc1c(C(F)F)n(C(C)C)c(=O)n1Cc1ccc(-c2ccccc2-c2nnn[nH]2)cc1. The second-order valence-corrected chi connectivity index (χ2v) is 8.56. The van der Waals surface area contributed by atoms with Crippen LogP contribution in [0.1, 0.15) is 63.0 Å². The zero-order valence-electron chi connectivity index (χ0n) is 19.5. The van der Waals surface area contributed by atoms with Crippen molar-refractivity contribution in [3.63, 3.8) is 0 Å². The summed E-state index contributed by atoms with van der Waals surface area (Å²) in [5.74, 6) is 0.571. The third-order valence-corrected chi connectivity index (χ3v) is 5.94. The number of H-pyrrole nitrogens is 1. The molecule has 178 valence electrons. The van der Waals surface area contributed by atoms with Crippen molar-refractivity contribution in [3.05, 3.63) is 76.0 Å². The van der Waals surface area contributed by atoms with Gasteiger partial charge in [0, 0.05) is 17.3 Å². The van der Waals surface area contributed by atoms with Crippen molar-refractivity contribution in [2.45, 2.75) is 59.0 Å². The molecular formula is C25H28F2N6O. The van der Waals surface area contributed by atoms with Gasteiger partial charge in [-0.25, -0.2) is 18.7 Å². The maximum atomic E-state index is 14.0. The first-order valence-electron chi connectivity index (χ1n) is 11.5. The summed E-state index contributed by atoms with van der Waals surface area (Å²) in [6.45, 7) is 5.77. The number of alkyl halides is 2. The number of halogens is 2. The van der Waals surface area contributed by atoms with Crippen LogP contribution in [0.4, 0.5) is 8.78 Å². The predicted molar refractivity (Wildman–Crippen MR) is 127 cm³/mol. The Labute approximate surface area is 196 Å². The Morgan fingerprint density at radius 1 is 1.03 bits per heavy atom. The van der Waals surface area contributed by atoms with Gasteiger partial charge in [0.05, 0.1) is 6.54 Å². The molecular weight excluding hydrogens is 438 g/mol. The van der Waals surface area contributed by atoms with E-state index in [9.17, 15) is 13.6 Å². The molecule has 2 aromatic carbocycles. The molecule has 34 heavy (non-hydrogen) atoms. The molecule has 0 atom stereocenters. The van der Waals surface area contributed by atoms with Crippen LogP contribution in [0.5, 0.6) is 0 Å².